The predicted molar refractivity (Wildman–Crippen MR) is 77.9 cm³/mol. The fraction of sp³-hybridized carbons (Fsp3) is 0.733. The Hall–Kier alpha value is -1.92. The third kappa shape index (κ3) is 2.60. The molecule has 1 aromatic rings. The maximum atomic E-state index is 12.5. The molecule has 1 saturated heterocycles. The number of likely N-dealkylation sites (tertiary alicyclic amines) is 1. The van der Waals surface area contributed by atoms with Crippen molar-refractivity contribution >= 4 is 11.9 Å². The highest BCUT2D eigenvalue weighted by atomic mass is 16.4. The Labute approximate surface area is 129 Å². The van der Waals surface area contributed by atoms with E-state index < -0.39 is 11.4 Å². The van der Waals surface area contributed by atoms with E-state index >= 15 is 0 Å². The molecule has 22 heavy (non-hydrogen) atoms. The molecule has 3 rings (SSSR count). The molecule has 0 bridgehead atoms. The number of aliphatic carboxylic acids is 1. The van der Waals surface area contributed by atoms with Gasteiger partial charge in [0.2, 0.25) is 5.91 Å². The number of hydrogen-bond donors (Lipinski definition) is 1. The fourth-order valence-electron chi connectivity index (χ4n) is 3.98. The number of fused-ring (bicyclic) bond motifs is 1. The zero-order valence-electron chi connectivity index (χ0n) is 12.6. The van der Waals surface area contributed by atoms with Gasteiger partial charge in [-0.2, -0.15) is 5.10 Å². The summed E-state index contributed by atoms with van der Waals surface area (Å²) in [5.41, 5.74) is -0.695. The molecule has 120 valence electrons. The van der Waals surface area contributed by atoms with E-state index in [1.165, 1.54) is 6.33 Å². The van der Waals surface area contributed by atoms with Gasteiger partial charge < -0.3 is 10.0 Å². The molecule has 1 saturated carbocycles. The largest absolute Gasteiger partial charge is 0.481 e. The van der Waals surface area contributed by atoms with Crippen LogP contribution in [0.1, 0.15) is 44.9 Å². The maximum absolute atomic E-state index is 12.5. The molecule has 0 radical (unpaired) electrons. The zero-order valence-corrected chi connectivity index (χ0v) is 12.6. The summed E-state index contributed by atoms with van der Waals surface area (Å²) in [6.07, 6.45) is 8.35. The van der Waals surface area contributed by atoms with E-state index in [1.54, 1.807) is 11.0 Å². The van der Waals surface area contributed by atoms with Gasteiger partial charge in [0.05, 0.1) is 5.41 Å². The first-order valence-corrected chi connectivity index (χ1v) is 7.99. The van der Waals surface area contributed by atoms with Crippen molar-refractivity contribution < 1.29 is 14.7 Å². The van der Waals surface area contributed by atoms with Crippen molar-refractivity contribution in [2.75, 3.05) is 6.54 Å². The van der Waals surface area contributed by atoms with Gasteiger partial charge in [-0.25, -0.2) is 4.98 Å². The van der Waals surface area contributed by atoms with E-state index in [1.807, 2.05) is 4.90 Å². The van der Waals surface area contributed by atoms with Crippen LogP contribution in [-0.4, -0.2) is 49.2 Å². The van der Waals surface area contributed by atoms with Gasteiger partial charge in [0.25, 0.3) is 0 Å². The van der Waals surface area contributed by atoms with E-state index in [-0.39, 0.29) is 11.9 Å². The van der Waals surface area contributed by atoms with Gasteiger partial charge >= 0.3 is 5.97 Å². The second-order valence-electron chi connectivity index (χ2n) is 6.32. The highest BCUT2D eigenvalue weighted by Crippen LogP contribution is 2.47. The Kier molecular flexibility index (Phi) is 4.13. The smallest absolute Gasteiger partial charge is 0.311 e. The SMILES string of the molecule is O=C(CCCn1cncn1)N1CC[C@]2(C(=O)O)CCCC[C@H]12. The number of aryl methyl sites for hydroxylation is 1. The van der Waals surface area contributed by atoms with Crippen molar-refractivity contribution in [3.63, 3.8) is 0 Å². The molecule has 1 aromatic heterocycles. The molecule has 7 nitrogen and oxygen atoms in total. The molecule has 0 unspecified atom stereocenters. The number of hydrogen-bond acceptors (Lipinski definition) is 4. The number of carbonyl (C=O) groups excluding carboxylic acids is 1. The molecule has 2 heterocycles. The van der Waals surface area contributed by atoms with Gasteiger partial charge in [-0.05, 0) is 25.7 Å². The van der Waals surface area contributed by atoms with Crippen molar-refractivity contribution in [1.82, 2.24) is 19.7 Å². The van der Waals surface area contributed by atoms with Crippen LogP contribution in [0.15, 0.2) is 12.7 Å². The fourth-order valence-corrected chi connectivity index (χ4v) is 3.98. The third-order valence-electron chi connectivity index (χ3n) is 5.15. The minimum absolute atomic E-state index is 0.0788. The lowest BCUT2D eigenvalue weighted by Crippen LogP contribution is -2.48. The summed E-state index contributed by atoms with van der Waals surface area (Å²) in [6, 6.07) is -0.113. The van der Waals surface area contributed by atoms with Gasteiger partial charge in [-0.15, -0.1) is 0 Å². The number of rotatable bonds is 5. The van der Waals surface area contributed by atoms with E-state index in [2.05, 4.69) is 10.1 Å². The molecule has 1 aliphatic heterocycles. The quantitative estimate of drug-likeness (QED) is 0.886. The normalized spacial score (nSPS) is 27.6. The van der Waals surface area contributed by atoms with Crippen LogP contribution < -0.4 is 0 Å². The van der Waals surface area contributed by atoms with Crippen molar-refractivity contribution in [2.24, 2.45) is 5.41 Å². The minimum atomic E-state index is -0.727. The van der Waals surface area contributed by atoms with Crippen LogP contribution in [-0.2, 0) is 16.1 Å². The first-order valence-electron chi connectivity index (χ1n) is 7.99. The van der Waals surface area contributed by atoms with Gasteiger partial charge in [0.15, 0.2) is 0 Å². The van der Waals surface area contributed by atoms with Crippen LogP contribution in [0.4, 0.5) is 0 Å². The van der Waals surface area contributed by atoms with Gasteiger partial charge in [-0.1, -0.05) is 12.8 Å². The molecule has 7 heteroatoms. The van der Waals surface area contributed by atoms with E-state index in [9.17, 15) is 14.7 Å². The lowest BCUT2D eigenvalue weighted by Gasteiger charge is -2.38. The second-order valence-corrected chi connectivity index (χ2v) is 6.32. The average Bonchev–Trinajstić information content (AvgIpc) is 3.14. The Morgan fingerprint density at radius 1 is 1.32 bits per heavy atom. The molecular formula is C15H22N4O3. The van der Waals surface area contributed by atoms with Gasteiger partial charge in [0.1, 0.15) is 12.7 Å². The topological polar surface area (TPSA) is 88.3 Å². The molecule has 1 aliphatic carbocycles. The van der Waals surface area contributed by atoms with Crippen molar-refractivity contribution in [1.29, 1.82) is 0 Å². The highest BCUT2D eigenvalue weighted by molar-refractivity contribution is 5.81. The van der Waals surface area contributed by atoms with E-state index in [4.69, 9.17) is 0 Å². The highest BCUT2D eigenvalue weighted by Gasteiger charge is 2.54. The first-order chi connectivity index (χ1) is 10.6. The number of carbonyl (C=O) groups is 2. The van der Waals surface area contributed by atoms with Crippen molar-refractivity contribution in [2.45, 2.75) is 57.5 Å². The van der Waals surface area contributed by atoms with Crippen LogP contribution in [0, 0.1) is 5.41 Å². The average molecular weight is 306 g/mol. The molecule has 1 amide bonds. The summed E-state index contributed by atoms with van der Waals surface area (Å²) < 4.78 is 1.71. The molecular weight excluding hydrogens is 284 g/mol. The van der Waals surface area contributed by atoms with E-state index in [0.29, 0.717) is 38.8 Å². The van der Waals surface area contributed by atoms with Crippen LogP contribution >= 0.6 is 0 Å². The number of carboxylic acids is 1. The Balaban J connectivity index is 1.59. The summed E-state index contributed by atoms with van der Waals surface area (Å²) in [4.78, 5) is 29.9. The maximum Gasteiger partial charge on any atom is 0.311 e. The summed E-state index contributed by atoms with van der Waals surface area (Å²) in [7, 11) is 0. The summed E-state index contributed by atoms with van der Waals surface area (Å²) in [5.74, 6) is -0.648. The Morgan fingerprint density at radius 2 is 2.18 bits per heavy atom. The molecule has 2 atom stereocenters. The molecule has 2 aliphatic rings. The molecule has 2 fully saturated rings. The van der Waals surface area contributed by atoms with Gasteiger partial charge in [0, 0.05) is 25.6 Å². The minimum Gasteiger partial charge on any atom is -0.481 e. The molecule has 0 aromatic carbocycles. The monoisotopic (exact) mass is 306 g/mol. The number of nitrogens with zero attached hydrogens (tertiary/aromatic N) is 4. The number of amides is 1. The summed E-state index contributed by atoms with van der Waals surface area (Å²) in [6.45, 7) is 1.24. The van der Waals surface area contributed by atoms with Crippen molar-refractivity contribution in [3.05, 3.63) is 12.7 Å². The first kappa shape index (κ1) is 15.0. The zero-order chi connectivity index (χ0) is 15.6. The van der Waals surface area contributed by atoms with Crippen LogP contribution in [0.25, 0.3) is 0 Å². The Morgan fingerprint density at radius 3 is 2.91 bits per heavy atom. The van der Waals surface area contributed by atoms with Gasteiger partial charge in [-0.3, -0.25) is 14.3 Å². The van der Waals surface area contributed by atoms with E-state index in [0.717, 1.165) is 19.3 Å². The Bertz CT molecular complexity index is 545. The van der Waals surface area contributed by atoms with Crippen molar-refractivity contribution in [3.8, 4) is 0 Å². The lowest BCUT2D eigenvalue weighted by molar-refractivity contribution is -0.153. The number of aromatic nitrogens is 3. The van der Waals surface area contributed by atoms with Crippen LogP contribution in [0.5, 0.6) is 0 Å². The number of carboxylic acid groups (broad SMARTS) is 1. The van der Waals surface area contributed by atoms with Crippen LogP contribution in [0.3, 0.4) is 0 Å². The van der Waals surface area contributed by atoms with Crippen LogP contribution in [0.2, 0.25) is 0 Å². The third-order valence-corrected chi connectivity index (χ3v) is 5.15. The standard InChI is InChI=1S/C15H22N4O3/c20-13(5-3-8-18-11-16-10-17-18)19-9-7-15(14(21)22)6-2-1-4-12(15)19/h10-12H,1-9H2,(H,21,22)/t12-,15+/m0/s1. The lowest BCUT2D eigenvalue weighted by atomic mass is 9.70. The second kappa shape index (κ2) is 6.06. The molecule has 1 N–H and O–H groups in total. The summed E-state index contributed by atoms with van der Waals surface area (Å²) in [5, 5.41) is 13.7. The summed E-state index contributed by atoms with van der Waals surface area (Å²) >= 11 is 0. The predicted octanol–water partition coefficient (Wildman–Crippen LogP) is 1.30. The molecule has 0 spiro atoms.